The van der Waals surface area contributed by atoms with Gasteiger partial charge in [-0.05, 0) is 45.3 Å². The highest BCUT2D eigenvalue weighted by Crippen LogP contribution is 2.28. The molecule has 4 nitrogen and oxygen atoms in total. The van der Waals surface area contributed by atoms with Crippen LogP contribution in [0.2, 0.25) is 0 Å². The van der Waals surface area contributed by atoms with Crippen LogP contribution in [0.25, 0.3) is 0 Å². The first-order valence-electron chi connectivity index (χ1n) is 8.01. The van der Waals surface area contributed by atoms with E-state index in [0.29, 0.717) is 0 Å². The lowest BCUT2D eigenvalue weighted by Crippen LogP contribution is -2.35. The van der Waals surface area contributed by atoms with Crippen LogP contribution in [0.5, 0.6) is 0 Å². The predicted molar refractivity (Wildman–Crippen MR) is 85.5 cm³/mol. The van der Waals surface area contributed by atoms with Crippen molar-refractivity contribution in [2.75, 3.05) is 37.6 Å². The van der Waals surface area contributed by atoms with Crippen molar-refractivity contribution in [2.24, 2.45) is 0 Å². The highest BCUT2D eigenvalue weighted by molar-refractivity contribution is 7.15. The van der Waals surface area contributed by atoms with Crippen molar-refractivity contribution in [1.82, 2.24) is 15.2 Å². The van der Waals surface area contributed by atoms with Crippen molar-refractivity contribution < 1.29 is 0 Å². The van der Waals surface area contributed by atoms with Gasteiger partial charge in [-0.3, -0.25) is 4.90 Å². The van der Waals surface area contributed by atoms with E-state index in [1.807, 2.05) is 17.5 Å². The van der Waals surface area contributed by atoms with E-state index in [9.17, 15) is 0 Å². The Hall–Kier alpha value is -0.650. The van der Waals surface area contributed by atoms with Gasteiger partial charge in [0.1, 0.15) is 0 Å². The summed E-state index contributed by atoms with van der Waals surface area (Å²) in [6.07, 6.45) is 7.33. The molecular weight excluding hydrogens is 268 g/mol. The number of nitrogens with zero attached hydrogens (tertiary/aromatic N) is 3. The standard InChI is InChI=1S/C15H26N4S/c1-2-6-16-10-14-11-17-15(20-14)19-9-5-13(12-19)18-7-3-4-8-18/h11,13,16H,2-10,12H2,1H3. The molecule has 1 aromatic heterocycles. The first kappa shape index (κ1) is 14.3. The minimum absolute atomic E-state index is 0.767. The molecule has 1 aromatic rings. The number of likely N-dealkylation sites (tertiary alicyclic amines) is 1. The molecule has 3 heterocycles. The fraction of sp³-hybridized carbons (Fsp3) is 0.800. The van der Waals surface area contributed by atoms with Crippen molar-refractivity contribution in [3.63, 3.8) is 0 Å². The van der Waals surface area contributed by atoms with Crippen LogP contribution in [-0.2, 0) is 6.54 Å². The average molecular weight is 294 g/mol. The van der Waals surface area contributed by atoms with Crippen LogP contribution in [-0.4, -0.2) is 48.6 Å². The number of thiazole rings is 1. The number of anilines is 1. The van der Waals surface area contributed by atoms with E-state index in [4.69, 9.17) is 0 Å². The third kappa shape index (κ3) is 3.32. The smallest absolute Gasteiger partial charge is 0.185 e. The van der Waals surface area contributed by atoms with E-state index in [1.54, 1.807) is 0 Å². The van der Waals surface area contributed by atoms with Gasteiger partial charge in [-0.25, -0.2) is 4.98 Å². The molecule has 2 aliphatic heterocycles. The van der Waals surface area contributed by atoms with Gasteiger partial charge in [0.15, 0.2) is 5.13 Å². The molecule has 0 aromatic carbocycles. The van der Waals surface area contributed by atoms with Crippen LogP contribution in [0.3, 0.4) is 0 Å². The Labute approximate surface area is 126 Å². The van der Waals surface area contributed by atoms with Gasteiger partial charge in [-0.15, -0.1) is 11.3 Å². The predicted octanol–water partition coefficient (Wildman–Crippen LogP) is 2.32. The zero-order valence-corrected chi connectivity index (χ0v) is 13.3. The summed E-state index contributed by atoms with van der Waals surface area (Å²) in [6, 6.07) is 0.767. The molecule has 1 atom stereocenters. The van der Waals surface area contributed by atoms with E-state index in [0.717, 1.165) is 19.1 Å². The molecule has 0 bridgehead atoms. The van der Waals surface area contributed by atoms with E-state index < -0.39 is 0 Å². The lowest BCUT2D eigenvalue weighted by molar-refractivity contribution is 0.260. The van der Waals surface area contributed by atoms with Crippen molar-refractivity contribution in [3.8, 4) is 0 Å². The van der Waals surface area contributed by atoms with Gasteiger partial charge in [0.25, 0.3) is 0 Å². The quantitative estimate of drug-likeness (QED) is 0.816. The second-order valence-corrected chi connectivity index (χ2v) is 7.01. The minimum Gasteiger partial charge on any atom is -0.346 e. The van der Waals surface area contributed by atoms with Gasteiger partial charge in [0, 0.05) is 36.8 Å². The third-order valence-electron chi connectivity index (χ3n) is 4.36. The fourth-order valence-corrected chi connectivity index (χ4v) is 4.15. The molecule has 0 amide bonds. The van der Waals surface area contributed by atoms with Gasteiger partial charge >= 0.3 is 0 Å². The Kier molecular flexibility index (Phi) is 4.91. The Morgan fingerprint density at radius 2 is 2.20 bits per heavy atom. The van der Waals surface area contributed by atoms with Gasteiger partial charge in [-0.1, -0.05) is 6.92 Å². The normalized spacial score (nSPS) is 23.9. The molecule has 0 aliphatic carbocycles. The monoisotopic (exact) mass is 294 g/mol. The molecular formula is C15H26N4S. The summed E-state index contributed by atoms with van der Waals surface area (Å²) in [5.74, 6) is 0. The number of rotatable bonds is 6. The number of nitrogens with one attached hydrogen (secondary N) is 1. The summed E-state index contributed by atoms with van der Waals surface area (Å²) in [5.41, 5.74) is 0. The average Bonchev–Trinajstić information content (AvgIpc) is 3.19. The number of aromatic nitrogens is 1. The number of hydrogen-bond acceptors (Lipinski definition) is 5. The van der Waals surface area contributed by atoms with Crippen LogP contribution in [0, 0.1) is 0 Å². The molecule has 2 saturated heterocycles. The van der Waals surface area contributed by atoms with E-state index in [-0.39, 0.29) is 0 Å². The van der Waals surface area contributed by atoms with Gasteiger partial charge in [0.05, 0.1) is 0 Å². The summed E-state index contributed by atoms with van der Waals surface area (Å²) < 4.78 is 0. The minimum atomic E-state index is 0.767. The van der Waals surface area contributed by atoms with E-state index >= 15 is 0 Å². The topological polar surface area (TPSA) is 31.4 Å². The lowest BCUT2D eigenvalue weighted by Gasteiger charge is -2.23. The van der Waals surface area contributed by atoms with Crippen LogP contribution in [0.4, 0.5) is 5.13 Å². The van der Waals surface area contributed by atoms with Gasteiger partial charge in [-0.2, -0.15) is 0 Å². The molecule has 20 heavy (non-hydrogen) atoms. The SMILES string of the molecule is CCCNCc1cnc(N2CCC(N3CCCC3)C2)s1. The van der Waals surface area contributed by atoms with Crippen LogP contribution in [0.1, 0.15) is 37.5 Å². The molecule has 0 spiro atoms. The van der Waals surface area contributed by atoms with E-state index in [1.165, 1.54) is 61.9 Å². The second-order valence-electron chi connectivity index (χ2n) is 5.92. The molecule has 0 saturated carbocycles. The van der Waals surface area contributed by atoms with Gasteiger partial charge < -0.3 is 10.2 Å². The van der Waals surface area contributed by atoms with Crippen molar-refractivity contribution in [3.05, 3.63) is 11.1 Å². The van der Waals surface area contributed by atoms with Crippen molar-refractivity contribution in [2.45, 2.75) is 45.2 Å². The molecule has 1 N–H and O–H groups in total. The zero-order valence-electron chi connectivity index (χ0n) is 12.5. The maximum absolute atomic E-state index is 4.62. The van der Waals surface area contributed by atoms with Crippen LogP contribution in [0.15, 0.2) is 6.20 Å². The summed E-state index contributed by atoms with van der Waals surface area (Å²) in [7, 11) is 0. The molecule has 5 heteroatoms. The summed E-state index contributed by atoms with van der Waals surface area (Å²) in [6.45, 7) is 9.23. The summed E-state index contributed by atoms with van der Waals surface area (Å²) in [4.78, 5) is 11.1. The zero-order chi connectivity index (χ0) is 13.8. The van der Waals surface area contributed by atoms with E-state index in [2.05, 4.69) is 27.0 Å². The van der Waals surface area contributed by atoms with Crippen molar-refractivity contribution in [1.29, 1.82) is 0 Å². The molecule has 1 unspecified atom stereocenters. The van der Waals surface area contributed by atoms with Crippen molar-refractivity contribution >= 4 is 16.5 Å². The Bertz CT molecular complexity index is 414. The molecule has 0 radical (unpaired) electrons. The lowest BCUT2D eigenvalue weighted by atomic mass is 10.2. The number of hydrogen-bond donors (Lipinski definition) is 1. The fourth-order valence-electron chi connectivity index (χ4n) is 3.23. The second kappa shape index (κ2) is 6.87. The molecule has 3 rings (SSSR count). The Morgan fingerprint density at radius 1 is 1.35 bits per heavy atom. The molecule has 112 valence electrons. The Morgan fingerprint density at radius 3 is 3.00 bits per heavy atom. The maximum Gasteiger partial charge on any atom is 0.185 e. The van der Waals surface area contributed by atoms with Crippen LogP contribution < -0.4 is 10.2 Å². The summed E-state index contributed by atoms with van der Waals surface area (Å²) >= 11 is 1.86. The summed E-state index contributed by atoms with van der Waals surface area (Å²) in [5, 5.41) is 4.67. The Balaban J connectivity index is 1.52. The molecule has 2 aliphatic rings. The highest BCUT2D eigenvalue weighted by atomic mass is 32.1. The third-order valence-corrected chi connectivity index (χ3v) is 5.42. The first-order valence-corrected chi connectivity index (χ1v) is 8.83. The highest BCUT2D eigenvalue weighted by Gasteiger charge is 2.30. The molecule has 2 fully saturated rings. The van der Waals surface area contributed by atoms with Crippen LogP contribution >= 0.6 is 11.3 Å². The van der Waals surface area contributed by atoms with Gasteiger partial charge in [0.2, 0.25) is 0 Å². The largest absolute Gasteiger partial charge is 0.346 e. The maximum atomic E-state index is 4.62. The first-order chi connectivity index (χ1) is 9.86.